The molecule has 248 valence electrons. The fourth-order valence-electron chi connectivity index (χ4n) is 6.95. The number of aromatic hydroxyl groups is 1. The van der Waals surface area contributed by atoms with Crippen molar-refractivity contribution in [2.75, 3.05) is 84.7 Å². The van der Waals surface area contributed by atoms with E-state index >= 15 is 0 Å². The Labute approximate surface area is 269 Å². The third-order valence-corrected chi connectivity index (χ3v) is 8.63. The number of rotatable bonds is 15. The zero-order valence-electron chi connectivity index (χ0n) is 26.8. The molecule has 0 saturated carbocycles. The van der Waals surface area contributed by atoms with Gasteiger partial charge in [0.05, 0.1) is 83.1 Å². The molecule has 1 aliphatic rings. The zero-order chi connectivity index (χ0) is 33.4. The van der Waals surface area contributed by atoms with Gasteiger partial charge in [-0.15, -0.1) is 0 Å². The number of anilines is 2. The molecular formula is C35H38N2O10. The molecule has 0 aliphatic heterocycles. The van der Waals surface area contributed by atoms with Crippen molar-refractivity contribution in [3.05, 3.63) is 49.3 Å². The van der Waals surface area contributed by atoms with Crippen molar-refractivity contribution < 1.29 is 39.0 Å². The third kappa shape index (κ3) is 5.17. The van der Waals surface area contributed by atoms with Gasteiger partial charge in [-0.3, -0.25) is 9.59 Å². The summed E-state index contributed by atoms with van der Waals surface area (Å²) in [6, 6.07) is 2.76. The van der Waals surface area contributed by atoms with Gasteiger partial charge in [0.2, 0.25) is 0 Å². The van der Waals surface area contributed by atoms with E-state index in [2.05, 4.69) is 10.6 Å². The summed E-state index contributed by atoms with van der Waals surface area (Å²) in [5.41, 5.74) is 2.83. The molecule has 5 N–H and O–H groups in total. The van der Waals surface area contributed by atoms with Gasteiger partial charge < -0.3 is 49.6 Å². The molecule has 0 radical (unpaired) electrons. The van der Waals surface area contributed by atoms with Crippen LogP contribution in [-0.2, 0) is 15.9 Å². The Hall–Kier alpha value is -4.62. The maximum absolute atomic E-state index is 14.2. The topological polar surface area (TPSA) is 165 Å². The SMILES string of the molecule is COc1c(O)c2c(=O)cc(OC)c3c4c(OC)cc(=O)c5c(NCCOCCO)c(NCCOCCO)c6c(c(c1CC(C)=C6)c23)c54. The first-order valence-electron chi connectivity index (χ1n) is 15.4. The minimum Gasteiger partial charge on any atom is -0.504 e. The van der Waals surface area contributed by atoms with Crippen LogP contribution < -0.4 is 35.7 Å². The molecule has 0 fully saturated rings. The van der Waals surface area contributed by atoms with E-state index in [1.165, 1.54) is 33.5 Å². The Morgan fingerprint density at radius 2 is 1.23 bits per heavy atom. The predicted octanol–water partition coefficient (Wildman–Crippen LogP) is 3.43. The maximum Gasteiger partial charge on any atom is 0.194 e. The molecular weight excluding hydrogens is 608 g/mol. The number of phenols is 1. The molecule has 6 rings (SSSR count). The van der Waals surface area contributed by atoms with Crippen LogP contribution in [-0.4, -0.2) is 89.4 Å². The van der Waals surface area contributed by atoms with E-state index in [1.54, 1.807) is 0 Å². The van der Waals surface area contributed by atoms with Crippen molar-refractivity contribution in [2.24, 2.45) is 0 Å². The number of aliphatic hydroxyl groups is 2. The van der Waals surface area contributed by atoms with E-state index in [0.717, 1.165) is 11.1 Å². The highest BCUT2D eigenvalue weighted by molar-refractivity contribution is 6.40. The van der Waals surface area contributed by atoms with E-state index < -0.39 is 5.43 Å². The molecule has 0 spiro atoms. The second kappa shape index (κ2) is 13.2. The summed E-state index contributed by atoms with van der Waals surface area (Å²) < 4.78 is 28.5. The lowest BCUT2D eigenvalue weighted by atomic mass is 9.83. The first-order chi connectivity index (χ1) is 22.8. The Morgan fingerprint density at radius 3 is 1.79 bits per heavy atom. The van der Waals surface area contributed by atoms with Crippen LogP contribution in [0.4, 0.5) is 11.4 Å². The Bertz CT molecular complexity index is 2130. The monoisotopic (exact) mass is 646 g/mol. The average molecular weight is 647 g/mol. The molecule has 0 unspecified atom stereocenters. The number of aliphatic hydroxyl groups excluding tert-OH is 2. The Kier molecular flexibility index (Phi) is 9.11. The van der Waals surface area contributed by atoms with Gasteiger partial charge in [-0.1, -0.05) is 11.6 Å². The molecule has 0 amide bonds. The molecule has 0 atom stereocenters. The van der Waals surface area contributed by atoms with Crippen LogP contribution in [0, 0.1) is 0 Å². The molecule has 0 heterocycles. The van der Waals surface area contributed by atoms with Crippen molar-refractivity contribution in [3.8, 4) is 23.0 Å². The van der Waals surface area contributed by atoms with E-state index in [4.69, 9.17) is 23.7 Å². The summed E-state index contributed by atoms with van der Waals surface area (Å²) in [7, 11) is 4.42. The number of benzene rings is 5. The van der Waals surface area contributed by atoms with E-state index in [9.17, 15) is 24.9 Å². The van der Waals surface area contributed by atoms with Gasteiger partial charge in [0.15, 0.2) is 22.4 Å². The number of methoxy groups -OCH3 is 3. The van der Waals surface area contributed by atoms with E-state index in [-0.39, 0.29) is 67.7 Å². The van der Waals surface area contributed by atoms with Crippen LogP contribution in [0.5, 0.6) is 23.0 Å². The fourth-order valence-corrected chi connectivity index (χ4v) is 6.95. The van der Waals surface area contributed by atoms with Crippen molar-refractivity contribution >= 4 is 60.5 Å². The maximum atomic E-state index is 14.2. The second-order valence-corrected chi connectivity index (χ2v) is 11.4. The highest BCUT2D eigenvalue weighted by Crippen LogP contribution is 2.56. The minimum atomic E-state index is -0.436. The minimum absolute atomic E-state index is 0.0871. The highest BCUT2D eigenvalue weighted by atomic mass is 16.5. The van der Waals surface area contributed by atoms with Crippen molar-refractivity contribution in [3.63, 3.8) is 0 Å². The molecule has 1 aliphatic carbocycles. The van der Waals surface area contributed by atoms with Crippen molar-refractivity contribution in [1.29, 1.82) is 0 Å². The second-order valence-electron chi connectivity index (χ2n) is 11.4. The molecule has 0 aromatic heterocycles. The van der Waals surface area contributed by atoms with Gasteiger partial charge >= 0.3 is 0 Å². The average Bonchev–Trinajstić information content (AvgIpc) is 3.21. The number of hydrogen-bond donors (Lipinski definition) is 5. The van der Waals surface area contributed by atoms with Gasteiger partial charge in [0, 0.05) is 63.3 Å². The summed E-state index contributed by atoms with van der Waals surface area (Å²) in [5.74, 6) is 0.513. The lowest BCUT2D eigenvalue weighted by molar-refractivity contribution is 0.0990. The molecule has 5 aromatic rings. The van der Waals surface area contributed by atoms with Crippen LogP contribution in [0.15, 0.2) is 27.3 Å². The quantitative estimate of drug-likeness (QED) is 0.0640. The smallest absolute Gasteiger partial charge is 0.194 e. The first-order valence-corrected chi connectivity index (χ1v) is 15.4. The number of nitrogens with one attached hydrogen (secondary N) is 2. The normalized spacial score (nSPS) is 12.8. The molecule has 5 aromatic carbocycles. The Balaban J connectivity index is 1.86. The number of hydrogen-bond acceptors (Lipinski definition) is 12. The number of phenolic OH excluding ortho intramolecular Hbond substituents is 1. The van der Waals surface area contributed by atoms with Crippen molar-refractivity contribution in [1.82, 2.24) is 0 Å². The summed E-state index contributed by atoms with van der Waals surface area (Å²) in [4.78, 5) is 27.9. The van der Waals surface area contributed by atoms with Gasteiger partial charge in [0.1, 0.15) is 11.5 Å². The molecule has 0 bridgehead atoms. The highest BCUT2D eigenvalue weighted by Gasteiger charge is 2.33. The lowest BCUT2D eigenvalue weighted by Gasteiger charge is -2.25. The number of ether oxygens (including phenoxy) is 5. The van der Waals surface area contributed by atoms with Crippen LogP contribution >= 0.6 is 0 Å². The van der Waals surface area contributed by atoms with Gasteiger partial charge in [0.25, 0.3) is 0 Å². The number of fused-ring (bicyclic) bond motifs is 1. The molecule has 47 heavy (non-hydrogen) atoms. The summed E-state index contributed by atoms with van der Waals surface area (Å²) >= 11 is 0. The first kappa shape index (κ1) is 32.3. The van der Waals surface area contributed by atoms with Crippen LogP contribution in [0.1, 0.15) is 18.1 Å². The van der Waals surface area contributed by atoms with Crippen LogP contribution in [0.2, 0.25) is 0 Å². The van der Waals surface area contributed by atoms with Gasteiger partial charge in [-0.2, -0.15) is 0 Å². The summed E-state index contributed by atoms with van der Waals surface area (Å²) in [6.45, 7) is 3.36. The summed E-state index contributed by atoms with van der Waals surface area (Å²) in [5, 5.41) is 40.9. The summed E-state index contributed by atoms with van der Waals surface area (Å²) in [6.07, 6.45) is 2.43. The predicted molar refractivity (Wildman–Crippen MR) is 183 cm³/mol. The van der Waals surface area contributed by atoms with Gasteiger partial charge in [-0.25, -0.2) is 0 Å². The van der Waals surface area contributed by atoms with E-state index in [1.807, 2.05) is 13.0 Å². The van der Waals surface area contributed by atoms with E-state index in [0.29, 0.717) is 79.9 Å². The largest absolute Gasteiger partial charge is 0.504 e. The van der Waals surface area contributed by atoms with Gasteiger partial charge in [-0.05, 0) is 18.7 Å². The number of allylic oxidation sites excluding steroid dienone is 1. The molecule has 12 nitrogen and oxygen atoms in total. The van der Waals surface area contributed by atoms with Crippen LogP contribution in [0.3, 0.4) is 0 Å². The van der Waals surface area contributed by atoms with Crippen LogP contribution in [0.25, 0.3) is 49.2 Å². The lowest BCUT2D eigenvalue weighted by Crippen LogP contribution is -2.18. The zero-order valence-corrected chi connectivity index (χ0v) is 26.8. The Morgan fingerprint density at radius 1 is 0.681 bits per heavy atom. The fraction of sp³-hybridized carbons (Fsp3) is 0.371. The standard InChI is InChI=1S/C35H38N2O10/c1-17-13-18-24-25-19(14-17)35(45-4)34(42)27-21(41)16-23(44-3)29(31(25)27)28-22(43-2)15-20(40)26(30(24)28)33(37-6-10-47-12-8-39)32(18)36-5-9-46-11-7-38/h13,15-16,36-39,42H,5-12,14H2,1-4H3. The third-order valence-electron chi connectivity index (χ3n) is 8.63. The molecule has 12 heteroatoms. The molecule has 0 saturated heterocycles. The van der Waals surface area contributed by atoms with Crippen molar-refractivity contribution in [2.45, 2.75) is 13.3 Å².